The number of likely N-dealkylation sites (tertiary alicyclic amines) is 1. The third-order valence-corrected chi connectivity index (χ3v) is 7.40. The fourth-order valence-electron chi connectivity index (χ4n) is 4.81. The molecule has 2 aliphatic heterocycles. The molecule has 3 aromatic heterocycles. The summed E-state index contributed by atoms with van der Waals surface area (Å²) in [5.74, 6) is 0.481. The summed E-state index contributed by atoms with van der Waals surface area (Å²) in [7, 11) is 0. The third-order valence-electron chi connectivity index (χ3n) is 6.46. The highest BCUT2D eigenvalue weighted by Crippen LogP contribution is 2.30. The number of amides is 1. The molecule has 3 unspecified atom stereocenters. The molecule has 2 saturated heterocycles. The standard InChI is InChI=1S/C24H22N6O2S/c1-33(32)22-14-30(24-27-10-16(11-28-24)20-4-2-3-7-25-20)21-8-15(5-6-19(21)22)23(31)29-13-17-9-18(29)12-26-17/h2-8,10-11,14,17-18,26H,9,12-13H2,1H3. The van der Waals surface area contributed by atoms with Crippen molar-refractivity contribution in [3.05, 3.63) is 66.7 Å². The molecule has 8 nitrogen and oxygen atoms in total. The maximum absolute atomic E-state index is 13.3. The first-order chi connectivity index (χ1) is 16.1. The second-order valence-electron chi connectivity index (χ2n) is 8.49. The van der Waals surface area contributed by atoms with Crippen LogP contribution in [0.2, 0.25) is 0 Å². The lowest BCUT2D eigenvalue weighted by Gasteiger charge is -2.27. The highest BCUT2D eigenvalue weighted by Gasteiger charge is 2.40. The number of fused-ring (bicyclic) bond motifs is 3. The van der Waals surface area contributed by atoms with Crippen LogP contribution in [0.25, 0.3) is 28.1 Å². The molecule has 1 N–H and O–H groups in total. The zero-order valence-electron chi connectivity index (χ0n) is 18.0. The molecule has 3 atom stereocenters. The second kappa shape index (κ2) is 7.95. The molecule has 1 aromatic carbocycles. The van der Waals surface area contributed by atoms with E-state index < -0.39 is 11.2 Å². The minimum Gasteiger partial charge on any atom is -0.612 e. The number of benzene rings is 1. The Bertz CT molecular complexity index is 1340. The van der Waals surface area contributed by atoms with Gasteiger partial charge < -0.3 is 14.8 Å². The van der Waals surface area contributed by atoms with Crippen LogP contribution in [0.5, 0.6) is 0 Å². The molecule has 4 aromatic rings. The number of nitrogens with zero attached hydrogens (tertiary/aromatic N) is 5. The molecule has 33 heavy (non-hydrogen) atoms. The van der Waals surface area contributed by atoms with E-state index in [0.717, 1.165) is 41.7 Å². The van der Waals surface area contributed by atoms with E-state index in [0.29, 0.717) is 22.4 Å². The lowest BCUT2D eigenvalue weighted by molar-refractivity contribution is 0.0716. The van der Waals surface area contributed by atoms with Gasteiger partial charge in [-0.2, -0.15) is 0 Å². The average Bonchev–Trinajstić information content (AvgIpc) is 3.58. The number of pyridine rings is 1. The van der Waals surface area contributed by atoms with E-state index >= 15 is 0 Å². The van der Waals surface area contributed by atoms with Gasteiger partial charge >= 0.3 is 0 Å². The van der Waals surface area contributed by atoms with Crippen LogP contribution in [0.15, 0.2) is 66.1 Å². The molecule has 2 fully saturated rings. The molecule has 1 amide bonds. The van der Waals surface area contributed by atoms with Gasteiger partial charge in [0.1, 0.15) is 6.26 Å². The Kier molecular flexibility index (Phi) is 4.90. The molecule has 0 saturated carbocycles. The van der Waals surface area contributed by atoms with Crippen molar-refractivity contribution in [3.63, 3.8) is 0 Å². The molecule has 2 bridgehead atoms. The summed E-state index contributed by atoms with van der Waals surface area (Å²) in [5, 5.41) is 4.26. The van der Waals surface area contributed by atoms with Crippen LogP contribution >= 0.6 is 0 Å². The van der Waals surface area contributed by atoms with Crippen LogP contribution in [-0.4, -0.2) is 66.3 Å². The number of carbonyl (C=O) groups is 1. The Balaban J connectivity index is 1.40. The largest absolute Gasteiger partial charge is 0.612 e. The predicted octanol–water partition coefficient (Wildman–Crippen LogP) is 2.41. The summed E-state index contributed by atoms with van der Waals surface area (Å²) in [5.41, 5.74) is 2.98. The van der Waals surface area contributed by atoms with Crippen LogP contribution in [-0.2, 0) is 11.2 Å². The van der Waals surface area contributed by atoms with Crippen LogP contribution in [0.4, 0.5) is 0 Å². The molecule has 0 spiro atoms. The molecule has 6 rings (SSSR count). The van der Waals surface area contributed by atoms with Crippen LogP contribution in [0, 0.1) is 0 Å². The van der Waals surface area contributed by atoms with Gasteiger partial charge in [0.15, 0.2) is 4.90 Å². The van der Waals surface area contributed by atoms with Gasteiger partial charge in [-0.3, -0.25) is 14.3 Å². The number of nitrogens with one attached hydrogen (secondary N) is 1. The molecule has 0 radical (unpaired) electrons. The van der Waals surface area contributed by atoms with Gasteiger partial charge in [-0.05, 0) is 47.9 Å². The van der Waals surface area contributed by atoms with Crippen LogP contribution in [0.1, 0.15) is 16.8 Å². The van der Waals surface area contributed by atoms with Crippen molar-refractivity contribution in [1.29, 1.82) is 0 Å². The van der Waals surface area contributed by atoms with E-state index in [4.69, 9.17) is 0 Å². The molecular weight excluding hydrogens is 436 g/mol. The quantitative estimate of drug-likeness (QED) is 0.472. The summed E-state index contributed by atoms with van der Waals surface area (Å²) in [4.78, 5) is 29.3. The van der Waals surface area contributed by atoms with E-state index in [1.807, 2.05) is 45.9 Å². The van der Waals surface area contributed by atoms with Crippen molar-refractivity contribution in [2.24, 2.45) is 0 Å². The SMILES string of the molecule is C[S+]([O-])c1cn(-c2ncc(-c3ccccn3)cn2)c2cc(C(=O)N3CC4CC3CN4)ccc12. The van der Waals surface area contributed by atoms with Crippen molar-refractivity contribution >= 4 is 28.0 Å². The maximum atomic E-state index is 13.3. The minimum absolute atomic E-state index is 0.0317. The van der Waals surface area contributed by atoms with Crippen LogP contribution < -0.4 is 5.32 Å². The van der Waals surface area contributed by atoms with E-state index in [1.54, 1.807) is 31.0 Å². The molecule has 5 heterocycles. The van der Waals surface area contributed by atoms with Gasteiger partial charge in [0.25, 0.3) is 5.91 Å². The summed E-state index contributed by atoms with van der Waals surface area (Å²) in [6, 6.07) is 11.9. The van der Waals surface area contributed by atoms with Gasteiger partial charge in [-0.15, -0.1) is 0 Å². The Hall–Kier alpha value is -3.27. The van der Waals surface area contributed by atoms with Gasteiger partial charge in [0.2, 0.25) is 5.95 Å². The molecule has 9 heteroatoms. The summed E-state index contributed by atoms with van der Waals surface area (Å²) in [6.07, 6.45) is 9.64. The minimum atomic E-state index is -1.20. The fourth-order valence-corrected chi connectivity index (χ4v) is 5.55. The third kappa shape index (κ3) is 3.49. The van der Waals surface area contributed by atoms with Gasteiger partial charge in [0.05, 0.1) is 22.8 Å². The first-order valence-electron chi connectivity index (χ1n) is 10.8. The van der Waals surface area contributed by atoms with Gasteiger partial charge in [0, 0.05) is 54.9 Å². The summed E-state index contributed by atoms with van der Waals surface area (Å²) < 4.78 is 14.2. The number of aromatic nitrogens is 4. The summed E-state index contributed by atoms with van der Waals surface area (Å²) >= 11 is -1.20. The normalized spacial score (nSPS) is 20.5. The smallest absolute Gasteiger partial charge is 0.254 e. The number of piperazine rings is 1. The van der Waals surface area contributed by atoms with Crippen molar-refractivity contribution < 1.29 is 9.35 Å². The number of carbonyl (C=O) groups excluding carboxylic acids is 1. The lowest BCUT2D eigenvalue weighted by Crippen LogP contribution is -2.46. The number of rotatable bonds is 4. The fraction of sp³-hybridized carbons (Fsp3) is 0.250. The van der Waals surface area contributed by atoms with E-state index in [1.165, 1.54) is 0 Å². The first kappa shape index (κ1) is 20.3. The van der Waals surface area contributed by atoms with Crippen molar-refractivity contribution in [1.82, 2.24) is 29.7 Å². The number of hydrogen-bond acceptors (Lipinski definition) is 6. The molecule has 2 aliphatic rings. The highest BCUT2D eigenvalue weighted by atomic mass is 32.2. The van der Waals surface area contributed by atoms with E-state index in [2.05, 4.69) is 20.3 Å². The average molecular weight is 459 g/mol. The van der Waals surface area contributed by atoms with Gasteiger partial charge in [-0.1, -0.05) is 6.07 Å². The second-order valence-corrected chi connectivity index (χ2v) is 9.84. The maximum Gasteiger partial charge on any atom is 0.254 e. The highest BCUT2D eigenvalue weighted by molar-refractivity contribution is 7.91. The topological polar surface area (TPSA) is 99.0 Å². The number of hydrogen-bond donors (Lipinski definition) is 1. The summed E-state index contributed by atoms with van der Waals surface area (Å²) in [6.45, 7) is 1.59. The van der Waals surface area contributed by atoms with Crippen molar-refractivity contribution in [2.45, 2.75) is 23.4 Å². The van der Waals surface area contributed by atoms with Crippen molar-refractivity contribution in [2.75, 3.05) is 19.3 Å². The molecule has 0 aliphatic carbocycles. The predicted molar refractivity (Wildman–Crippen MR) is 126 cm³/mol. The van der Waals surface area contributed by atoms with E-state index in [9.17, 15) is 9.35 Å². The Morgan fingerprint density at radius 3 is 2.70 bits per heavy atom. The monoisotopic (exact) mass is 458 g/mol. The zero-order valence-corrected chi connectivity index (χ0v) is 18.8. The molecular formula is C24H22N6O2S. The Morgan fingerprint density at radius 1 is 1.18 bits per heavy atom. The van der Waals surface area contributed by atoms with Gasteiger partial charge in [-0.25, -0.2) is 9.97 Å². The van der Waals surface area contributed by atoms with E-state index in [-0.39, 0.29) is 11.9 Å². The lowest BCUT2D eigenvalue weighted by atomic mass is 10.1. The first-order valence-corrected chi connectivity index (χ1v) is 12.4. The van der Waals surface area contributed by atoms with Crippen molar-refractivity contribution in [3.8, 4) is 17.2 Å². The Morgan fingerprint density at radius 2 is 2.03 bits per heavy atom. The molecule has 166 valence electrons. The Labute approximate surface area is 193 Å². The van der Waals surface area contributed by atoms with Crippen LogP contribution in [0.3, 0.4) is 0 Å². The zero-order chi connectivity index (χ0) is 22.5.